The van der Waals surface area contributed by atoms with Crippen molar-refractivity contribution >= 4 is 55.7 Å². The molecule has 2 aromatic rings. The third-order valence-electron chi connectivity index (χ3n) is 2.96. The largest absolute Gasteiger partial charge is 0.369 e. The van der Waals surface area contributed by atoms with Gasteiger partial charge in [-0.2, -0.15) is 0 Å². The predicted octanol–water partition coefficient (Wildman–Crippen LogP) is 4.57. The molecule has 0 saturated carbocycles. The van der Waals surface area contributed by atoms with Crippen molar-refractivity contribution in [3.8, 4) is 0 Å². The van der Waals surface area contributed by atoms with Crippen molar-refractivity contribution in [2.75, 3.05) is 0 Å². The van der Waals surface area contributed by atoms with E-state index in [0.29, 0.717) is 5.71 Å². The molecule has 0 spiro atoms. The van der Waals surface area contributed by atoms with Gasteiger partial charge in [-0.25, -0.2) is 0 Å². The Morgan fingerprint density at radius 2 is 1.21 bits per heavy atom. The fourth-order valence-corrected chi connectivity index (χ4v) is 2.64. The minimum Gasteiger partial charge on any atom is -0.369 e. The van der Waals surface area contributed by atoms with E-state index in [4.69, 9.17) is 11.5 Å². The van der Waals surface area contributed by atoms with Gasteiger partial charge in [0.15, 0.2) is 0 Å². The molecular weight excluding hydrogens is 432 g/mol. The SMILES string of the molecule is NC(N)=NN=C(/C=C/c1ccccc1Br)/C=C/c1ccccc1Br. The summed E-state index contributed by atoms with van der Waals surface area (Å²) in [5.74, 6) is -0.0870. The predicted molar refractivity (Wildman–Crippen MR) is 110 cm³/mol. The molecule has 6 heteroatoms. The van der Waals surface area contributed by atoms with Crippen LogP contribution in [0.4, 0.5) is 0 Å². The summed E-state index contributed by atoms with van der Waals surface area (Å²) in [5.41, 5.74) is 13.4. The number of nitrogens with zero attached hydrogens (tertiary/aromatic N) is 2. The lowest BCUT2D eigenvalue weighted by Gasteiger charge is -1.99. The second kappa shape index (κ2) is 9.20. The molecule has 24 heavy (non-hydrogen) atoms. The topological polar surface area (TPSA) is 76.8 Å². The Labute approximate surface area is 157 Å². The molecule has 0 fully saturated rings. The van der Waals surface area contributed by atoms with Gasteiger partial charge >= 0.3 is 0 Å². The van der Waals surface area contributed by atoms with Crippen molar-refractivity contribution in [3.05, 3.63) is 80.8 Å². The van der Waals surface area contributed by atoms with Gasteiger partial charge in [-0.05, 0) is 35.4 Å². The Morgan fingerprint density at radius 1 is 0.750 bits per heavy atom. The lowest BCUT2D eigenvalue weighted by molar-refractivity contribution is 1.21. The van der Waals surface area contributed by atoms with Crippen LogP contribution in [0.15, 0.2) is 79.8 Å². The maximum Gasteiger partial charge on any atom is 0.211 e. The van der Waals surface area contributed by atoms with Crippen molar-refractivity contribution in [1.29, 1.82) is 0 Å². The van der Waals surface area contributed by atoms with E-state index in [-0.39, 0.29) is 5.96 Å². The van der Waals surface area contributed by atoms with Gasteiger partial charge < -0.3 is 11.5 Å². The highest BCUT2D eigenvalue weighted by atomic mass is 79.9. The highest BCUT2D eigenvalue weighted by molar-refractivity contribution is 9.10. The van der Waals surface area contributed by atoms with Crippen LogP contribution in [0.2, 0.25) is 0 Å². The van der Waals surface area contributed by atoms with Crippen LogP contribution in [0.5, 0.6) is 0 Å². The minimum absolute atomic E-state index is 0.0870. The molecule has 0 bridgehead atoms. The summed E-state index contributed by atoms with van der Waals surface area (Å²) in [5, 5.41) is 7.79. The standard InChI is InChI=1S/C18H16Br2N4/c19-16-7-3-1-5-13(16)9-11-15(23-24-18(21)22)12-10-14-6-2-4-8-17(14)20/h1-12H,(H4,21,22,24)/b11-9+,12-10+. The molecule has 0 saturated heterocycles. The first-order chi connectivity index (χ1) is 11.6. The zero-order chi connectivity index (χ0) is 17.4. The molecule has 122 valence electrons. The molecule has 0 aromatic heterocycles. The lowest BCUT2D eigenvalue weighted by Crippen LogP contribution is -2.22. The van der Waals surface area contributed by atoms with E-state index in [1.54, 1.807) is 0 Å². The second-order valence-electron chi connectivity index (χ2n) is 4.76. The second-order valence-corrected chi connectivity index (χ2v) is 6.47. The quantitative estimate of drug-likeness (QED) is 0.400. The average molecular weight is 448 g/mol. The normalized spacial score (nSPS) is 10.9. The van der Waals surface area contributed by atoms with Gasteiger partial charge in [-0.1, -0.05) is 80.4 Å². The molecule has 0 aliphatic rings. The highest BCUT2D eigenvalue weighted by Gasteiger charge is 1.97. The molecular formula is C18H16Br2N4. The van der Waals surface area contributed by atoms with Crippen LogP contribution in [0, 0.1) is 0 Å². The van der Waals surface area contributed by atoms with Crippen LogP contribution in [-0.4, -0.2) is 11.7 Å². The third-order valence-corrected chi connectivity index (χ3v) is 4.40. The Bertz CT molecular complexity index is 762. The number of allylic oxidation sites excluding steroid dienone is 2. The van der Waals surface area contributed by atoms with Crippen molar-refractivity contribution in [3.63, 3.8) is 0 Å². The summed E-state index contributed by atoms with van der Waals surface area (Å²) in [7, 11) is 0. The summed E-state index contributed by atoms with van der Waals surface area (Å²) in [6.45, 7) is 0. The molecule has 0 radical (unpaired) electrons. The summed E-state index contributed by atoms with van der Waals surface area (Å²) >= 11 is 7.02. The van der Waals surface area contributed by atoms with Crippen molar-refractivity contribution < 1.29 is 0 Å². The van der Waals surface area contributed by atoms with Crippen LogP contribution in [-0.2, 0) is 0 Å². The molecule has 0 aliphatic heterocycles. The van der Waals surface area contributed by atoms with Gasteiger partial charge in [-0.15, -0.1) is 10.2 Å². The summed E-state index contributed by atoms with van der Waals surface area (Å²) in [4.78, 5) is 0. The number of halogens is 2. The fourth-order valence-electron chi connectivity index (χ4n) is 1.81. The number of rotatable bonds is 5. The van der Waals surface area contributed by atoms with Crippen LogP contribution in [0.25, 0.3) is 12.2 Å². The first-order valence-corrected chi connectivity index (χ1v) is 8.66. The molecule has 0 unspecified atom stereocenters. The molecule has 2 aromatic carbocycles. The summed E-state index contributed by atoms with van der Waals surface area (Å²) < 4.78 is 1.99. The first kappa shape index (κ1) is 18.2. The smallest absolute Gasteiger partial charge is 0.211 e. The highest BCUT2D eigenvalue weighted by Crippen LogP contribution is 2.19. The van der Waals surface area contributed by atoms with Gasteiger partial charge in [0.25, 0.3) is 0 Å². The number of nitrogens with two attached hydrogens (primary N) is 2. The van der Waals surface area contributed by atoms with Crippen LogP contribution < -0.4 is 11.5 Å². The van der Waals surface area contributed by atoms with E-state index in [2.05, 4.69) is 42.1 Å². The summed E-state index contributed by atoms with van der Waals surface area (Å²) in [6, 6.07) is 15.8. The van der Waals surface area contributed by atoms with E-state index in [1.165, 1.54) is 0 Å². The van der Waals surface area contributed by atoms with Crippen LogP contribution in [0.1, 0.15) is 11.1 Å². The average Bonchev–Trinajstić information content (AvgIpc) is 2.56. The molecule has 0 aliphatic carbocycles. The Morgan fingerprint density at radius 3 is 1.62 bits per heavy atom. The monoisotopic (exact) mass is 446 g/mol. The molecule has 2 rings (SSSR count). The van der Waals surface area contributed by atoms with E-state index in [1.807, 2.05) is 72.8 Å². The van der Waals surface area contributed by atoms with Gasteiger partial charge in [0.05, 0.1) is 5.71 Å². The van der Waals surface area contributed by atoms with Crippen molar-refractivity contribution in [2.24, 2.45) is 21.7 Å². The Kier molecular flexibility index (Phi) is 6.96. The van der Waals surface area contributed by atoms with Crippen LogP contribution >= 0.6 is 31.9 Å². The number of benzene rings is 2. The molecule has 0 amide bonds. The van der Waals surface area contributed by atoms with Gasteiger partial charge in [0, 0.05) is 8.95 Å². The van der Waals surface area contributed by atoms with E-state index < -0.39 is 0 Å². The van der Waals surface area contributed by atoms with Crippen molar-refractivity contribution in [1.82, 2.24) is 0 Å². The number of hydrogen-bond donors (Lipinski definition) is 2. The zero-order valence-electron chi connectivity index (χ0n) is 12.7. The zero-order valence-corrected chi connectivity index (χ0v) is 15.9. The van der Waals surface area contributed by atoms with Crippen molar-refractivity contribution in [2.45, 2.75) is 0 Å². The fraction of sp³-hybridized carbons (Fsp3) is 0. The Hall–Kier alpha value is -2.18. The summed E-state index contributed by atoms with van der Waals surface area (Å²) in [6.07, 6.45) is 7.57. The molecule has 0 atom stereocenters. The third kappa shape index (κ3) is 5.79. The Balaban J connectivity index is 2.29. The minimum atomic E-state index is -0.0870. The van der Waals surface area contributed by atoms with Crippen LogP contribution in [0.3, 0.4) is 0 Å². The van der Waals surface area contributed by atoms with E-state index in [0.717, 1.165) is 20.1 Å². The number of guanidine groups is 1. The van der Waals surface area contributed by atoms with Gasteiger partial charge in [0.2, 0.25) is 5.96 Å². The van der Waals surface area contributed by atoms with Gasteiger partial charge in [0.1, 0.15) is 0 Å². The van der Waals surface area contributed by atoms with E-state index in [9.17, 15) is 0 Å². The lowest BCUT2D eigenvalue weighted by atomic mass is 10.1. The first-order valence-electron chi connectivity index (χ1n) is 7.08. The van der Waals surface area contributed by atoms with Gasteiger partial charge in [-0.3, -0.25) is 0 Å². The molecule has 4 nitrogen and oxygen atoms in total. The number of hydrogen-bond acceptors (Lipinski definition) is 2. The van der Waals surface area contributed by atoms with E-state index >= 15 is 0 Å². The maximum atomic E-state index is 5.36. The molecule has 4 N–H and O–H groups in total. The maximum absolute atomic E-state index is 5.36. The molecule has 0 heterocycles.